The van der Waals surface area contributed by atoms with Gasteiger partial charge in [-0.25, -0.2) is 4.98 Å². The highest BCUT2D eigenvalue weighted by Gasteiger charge is 2.10. The maximum Gasteiger partial charge on any atom is 0.229 e. The van der Waals surface area contributed by atoms with Crippen molar-refractivity contribution in [3.63, 3.8) is 0 Å². The Bertz CT molecular complexity index is 941. The molecule has 0 aliphatic heterocycles. The maximum absolute atomic E-state index is 6.28. The van der Waals surface area contributed by atoms with E-state index in [0.29, 0.717) is 16.8 Å². The molecule has 26 heavy (non-hydrogen) atoms. The summed E-state index contributed by atoms with van der Waals surface area (Å²) in [7, 11) is 1.88. The van der Waals surface area contributed by atoms with Crippen molar-refractivity contribution in [2.75, 3.05) is 23.0 Å². The summed E-state index contributed by atoms with van der Waals surface area (Å²) in [6.45, 7) is 6.09. The standard InChI is InChI=1S/C19H21ClN6/c1-11-5-6-15(16(7-11)21-4)24-18-14(20)9-23-19(26-18)25-17-10-22-8-12(2)13(17)3/h5-10,21H,1-4H3,(H2,23,24,25,26). The van der Waals surface area contributed by atoms with E-state index in [0.717, 1.165) is 28.2 Å². The summed E-state index contributed by atoms with van der Waals surface area (Å²) >= 11 is 6.28. The first-order chi connectivity index (χ1) is 12.5. The van der Waals surface area contributed by atoms with Crippen LogP contribution in [0.1, 0.15) is 16.7 Å². The summed E-state index contributed by atoms with van der Waals surface area (Å²) in [6, 6.07) is 6.07. The Hall–Kier alpha value is -2.86. The highest BCUT2D eigenvalue weighted by atomic mass is 35.5. The summed E-state index contributed by atoms with van der Waals surface area (Å²) in [5, 5.41) is 10.1. The number of anilines is 5. The average molecular weight is 369 g/mol. The minimum Gasteiger partial charge on any atom is -0.386 e. The lowest BCUT2D eigenvalue weighted by atomic mass is 10.1. The van der Waals surface area contributed by atoms with Gasteiger partial charge in [0.1, 0.15) is 5.02 Å². The highest BCUT2D eigenvalue weighted by molar-refractivity contribution is 6.33. The molecule has 134 valence electrons. The van der Waals surface area contributed by atoms with Crippen LogP contribution in [-0.2, 0) is 0 Å². The minimum atomic E-state index is 0.442. The van der Waals surface area contributed by atoms with Crippen molar-refractivity contribution in [1.82, 2.24) is 15.0 Å². The Morgan fingerprint density at radius 1 is 0.923 bits per heavy atom. The quantitative estimate of drug-likeness (QED) is 0.589. The van der Waals surface area contributed by atoms with Crippen LogP contribution in [0, 0.1) is 20.8 Å². The number of rotatable bonds is 5. The second-order valence-electron chi connectivity index (χ2n) is 6.07. The molecule has 7 heteroatoms. The van der Waals surface area contributed by atoms with Crippen molar-refractivity contribution in [2.24, 2.45) is 0 Å². The van der Waals surface area contributed by atoms with Crippen molar-refractivity contribution in [2.45, 2.75) is 20.8 Å². The molecule has 0 saturated carbocycles. The maximum atomic E-state index is 6.28. The van der Waals surface area contributed by atoms with Crippen molar-refractivity contribution in [1.29, 1.82) is 0 Å². The summed E-state index contributed by atoms with van der Waals surface area (Å²) < 4.78 is 0. The van der Waals surface area contributed by atoms with Gasteiger partial charge < -0.3 is 16.0 Å². The van der Waals surface area contributed by atoms with E-state index in [1.165, 1.54) is 5.56 Å². The van der Waals surface area contributed by atoms with E-state index in [9.17, 15) is 0 Å². The van der Waals surface area contributed by atoms with Crippen LogP contribution < -0.4 is 16.0 Å². The van der Waals surface area contributed by atoms with Crippen molar-refractivity contribution in [3.8, 4) is 0 Å². The zero-order chi connectivity index (χ0) is 18.7. The van der Waals surface area contributed by atoms with Crippen molar-refractivity contribution < 1.29 is 0 Å². The third-order valence-corrected chi connectivity index (χ3v) is 4.43. The smallest absolute Gasteiger partial charge is 0.229 e. The van der Waals surface area contributed by atoms with Crippen LogP contribution in [0.5, 0.6) is 0 Å². The Labute approximate surface area is 158 Å². The first-order valence-corrected chi connectivity index (χ1v) is 8.62. The number of aromatic nitrogens is 3. The molecule has 1 aromatic carbocycles. The van der Waals surface area contributed by atoms with Crippen LogP contribution in [0.3, 0.4) is 0 Å². The molecular weight excluding hydrogens is 348 g/mol. The molecule has 0 spiro atoms. The first kappa shape index (κ1) is 17.9. The minimum absolute atomic E-state index is 0.442. The highest BCUT2D eigenvalue weighted by Crippen LogP contribution is 2.30. The van der Waals surface area contributed by atoms with E-state index in [1.54, 1.807) is 12.4 Å². The molecule has 0 amide bonds. The summed E-state index contributed by atoms with van der Waals surface area (Å²) in [6.07, 6.45) is 5.16. The van der Waals surface area contributed by atoms with Crippen molar-refractivity contribution in [3.05, 3.63) is 58.5 Å². The molecule has 2 heterocycles. The number of aryl methyl sites for hydroxylation is 2. The van der Waals surface area contributed by atoms with Gasteiger partial charge >= 0.3 is 0 Å². The fraction of sp³-hybridized carbons (Fsp3) is 0.211. The van der Waals surface area contributed by atoms with Gasteiger partial charge in [0.25, 0.3) is 0 Å². The van der Waals surface area contributed by atoms with E-state index in [1.807, 2.05) is 46.1 Å². The molecule has 0 atom stereocenters. The fourth-order valence-electron chi connectivity index (χ4n) is 2.49. The molecule has 0 aliphatic rings. The molecule has 6 nitrogen and oxygen atoms in total. The molecular formula is C19H21ClN6. The number of nitrogens with zero attached hydrogens (tertiary/aromatic N) is 3. The number of hydrogen-bond donors (Lipinski definition) is 3. The van der Waals surface area contributed by atoms with Crippen molar-refractivity contribution >= 4 is 40.4 Å². The van der Waals surface area contributed by atoms with Crippen LogP contribution >= 0.6 is 11.6 Å². The Balaban J connectivity index is 1.90. The molecule has 3 N–H and O–H groups in total. The topological polar surface area (TPSA) is 74.8 Å². The van der Waals surface area contributed by atoms with Crippen LogP contribution in [0.15, 0.2) is 36.8 Å². The molecule has 0 aliphatic carbocycles. The van der Waals surface area contributed by atoms with Gasteiger partial charge in [-0.15, -0.1) is 0 Å². The van der Waals surface area contributed by atoms with Gasteiger partial charge in [0.15, 0.2) is 5.82 Å². The normalized spacial score (nSPS) is 10.5. The van der Waals surface area contributed by atoms with E-state index >= 15 is 0 Å². The zero-order valence-corrected chi connectivity index (χ0v) is 15.9. The summed E-state index contributed by atoms with van der Waals surface area (Å²) in [4.78, 5) is 13.0. The predicted molar refractivity (Wildman–Crippen MR) is 108 cm³/mol. The molecule has 3 aromatic rings. The van der Waals surface area contributed by atoms with Gasteiger partial charge in [0.2, 0.25) is 5.95 Å². The summed E-state index contributed by atoms with van der Waals surface area (Å²) in [5.41, 5.74) is 6.08. The molecule has 0 bridgehead atoms. The van der Waals surface area contributed by atoms with Crippen LogP contribution in [0.4, 0.5) is 28.8 Å². The van der Waals surface area contributed by atoms with Crippen LogP contribution in [0.2, 0.25) is 5.02 Å². The lowest BCUT2D eigenvalue weighted by Crippen LogP contribution is -2.04. The third kappa shape index (κ3) is 3.86. The number of halogens is 1. The van der Waals surface area contributed by atoms with E-state index in [-0.39, 0.29) is 0 Å². The van der Waals surface area contributed by atoms with E-state index in [4.69, 9.17) is 11.6 Å². The lowest BCUT2D eigenvalue weighted by molar-refractivity contribution is 1.14. The van der Waals surface area contributed by atoms with Crippen LogP contribution in [0.25, 0.3) is 0 Å². The van der Waals surface area contributed by atoms with Gasteiger partial charge in [0, 0.05) is 13.2 Å². The lowest BCUT2D eigenvalue weighted by Gasteiger charge is -2.14. The number of benzene rings is 1. The van der Waals surface area contributed by atoms with Gasteiger partial charge in [-0.1, -0.05) is 17.7 Å². The average Bonchev–Trinajstić information content (AvgIpc) is 2.63. The Kier molecular flexibility index (Phi) is 5.23. The molecule has 0 fully saturated rings. The zero-order valence-electron chi connectivity index (χ0n) is 15.2. The molecule has 0 saturated heterocycles. The van der Waals surface area contributed by atoms with Gasteiger partial charge in [-0.3, -0.25) is 4.98 Å². The molecule has 3 rings (SSSR count). The fourth-order valence-corrected chi connectivity index (χ4v) is 2.63. The molecule has 0 radical (unpaired) electrons. The Morgan fingerprint density at radius 2 is 1.73 bits per heavy atom. The van der Waals surface area contributed by atoms with Gasteiger partial charge in [-0.05, 0) is 49.6 Å². The number of nitrogens with one attached hydrogen (secondary N) is 3. The van der Waals surface area contributed by atoms with Gasteiger partial charge in [0.05, 0.1) is 29.5 Å². The monoisotopic (exact) mass is 368 g/mol. The number of hydrogen-bond acceptors (Lipinski definition) is 6. The van der Waals surface area contributed by atoms with E-state index in [2.05, 4.69) is 37.0 Å². The van der Waals surface area contributed by atoms with Crippen LogP contribution in [-0.4, -0.2) is 22.0 Å². The third-order valence-electron chi connectivity index (χ3n) is 4.16. The first-order valence-electron chi connectivity index (χ1n) is 8.24. The molecule has 0 unspecified atom stereocenters. The number of pyridine rings is 1. The Morgan fingerprint density at radius 3 is 2.50 bits per heavy atom. The van der Waals surface area contributed by atoms with Gasteiger partial charge in [-0.2, -0.15) is 4.98 Å². The SMILES string of the molecule is CNc1cc(C)ccc1Nc1nc(Nc2cncc(C)c2C)ncc1Cl. The summed E-state index contributed by atoms with van der Waals surface area (Å²) in [5.74, 6) is 0.980. The second-order valence-corrected chi connectivity index (χ2v) is 6.48. The predicted octanol–water partition coefficient (Wildman–Crippen LogP) is 4.98. The molecule has 2 aromatic heterocycles. The largest absolute Gasteiger partial charge is 0.386 e. The second kappa shape index (κ2) is 7.58. The van der Waals surface area contributed by atoms with E-state index < -0.39 is 0 Å².